The molecule has 10 rings (SSSR count). The first-order chi connectivity index (χ1) is 25.3. The summed E-state index contributed by atoms with van der Waals surface area (Å²) in [4.78, 5) is 5.88. The molecule has 0 N–H and O–H groups in total. The highest BCUT2D eigenvalue weighted by Crippen LogP contribution is 2.50. The molecule has 1 aromatic rings. The minimum absolute atomic E-state index is 0.314. The number of thiophene rings is 1. The lowest BCUT2D eigenvalue weighted by Crippen LogP contribution is -2.39. The number of hydrogen-bond donors (Lipinski definition) is 0. The van der Waals surface area contributed by atoms with E-state index < -0.39 is 0 Å². The van der Waals surface area contributed by atoms with Crippen LogP contribution in [0.2, 0.25) is 0 Å². The van der Waals surface area contributed by atoms with Gasteiger partial charge in [0.15, 0.2) is 0 Å². The Morgan fingerprint density at radius 1 is 0.627 bits per heavy atom. The molecule has 6 atom stereocenters. The summed E-state index contributed by atoms with van der Waals surface area (Å²) in [5.74, 6) is 2.00. The number of hydrogen-bond acceptors (Lipinski definition) is 3. The summed E-state index contributed by atoms with van der Waals surface area (Å²) in [7, 11) is 0. The van der Waals surface area contributed by atoms with Gasteiger partial charge in [0, 0.05) is 50.1 Å². The van der Waals surface area contributed by atoms with Gasteiger partial charge in [-0.15, -0.1) is 23.1 Å². The van der Waals surface area contributed by atoms with Crippen molar-refractivity contribution in [2.75, 3.05) is 0 Å². The number of thioether (sulfide) groups is 1. The van der Waals surface area contributed by atoms with E-state index in [1.54, 1.807) is 10.5 Å². The summed E-state index contributed by atoms with van der Waals surface area (Å²) in [5.41, 5.74) is 10.6. The van der Waals surface area contributed by atoms with Gasteiger partial charge in [-0.2, -0.15) is 0 Å². The highest BCUT2D eigenvalue weighted by molar-refractivity contribution is 8.04. The minimum atomic E-state index is 0.314. The predicted molar refractivity (Wildman–Crippen MR) is 220 cm³/mol. The maximum atomic E-state index is 2.76. The molecule has 2 heterocycles. The van der Waals surface area contributed by atoms with E-state index in [0.717, 1.165) is 38.5 Å². The van der Waals surface area contributed by atoms with Crippen LogP contribution in [0.1, 0.15) is 80.6 Å². The Morgan fingerprint density at radius 3 is 2.41 bits per heavy atom. The maximum Gasteiger partial charge on any atom is 0.0557 e. The maximum absolute atomic E-state index is 2.76. The van der Waals surface area contributed by atoms with Crippen LogP contribution >= 0.6 is 23.1 Å². The topological polar surface area (TPSA) is 3.24 Å². The largest absolute Gasteiger partial charge is 0.337 e. The third-order valence-corrected chi connectivity index (χ3v) is 15.1. The van der Waals surface area contributed by atoms with Crippen LogP contribution in [0.5, 0.6) is 0 Å². The van der Waals surface area contributed by atoms with Crippen LogP contribution in [-0.2, 0) is 0 Å². The van der Waals surface area contributed by atoms with Gasteiger partial charge in [-0.25, -0.2) is 0 Å². The molecule has 0 amide bonds. The van der Waals surface area contributed by atoms with Gasteiger partial charge < -0.3 is 4.90 Å². The summed E-state index contributed by atoms with van der Waals surface area (Å²) in [6.07, 6.45) is 62.5. The van der Waals surface area contributed by atoms with Crippen molar-refractivity contribution < 1.29 is 0 Å². The Morgan fingerprint density at radius 2 is 1.57 bits per heavy atom. The molecule has 0 saturated carbocycles. The number of allylic oxidation sites excluding steroid dienone is 20. The molecule has 0 saturated heterocycles. The van der Waals surface area contributed by atoms with Gasteiger partial charge in [0.05, 0.1) is 10.6 Å². The second-order valence-corrected chi connectivity index (χ2v) is 17.6. The molecule has 51 heavy (non-hydrogen) atoms. The zero-order valence-electron chi connectivity index (χ0n) is 29.4. The molecule has 0 spiro atoms. The Labute approximate surface area is 312 Å². The molecule has 0 bridgehead atoms. The van der Waals surface area contributed by atoms with Crippen molar-refractivity contribution in [1.29, 1.82) is 0 Å². The number of rotatable bonds is 6. The van der Waals surface area contributed by atoms with E-state index in [1.165, 1.54) is 74.0 Å². The number of fused-ring (bicyclic) bond motifs is 5. The molecule has 256 valence electrons. The van der Waals surface area contributed by atoms with E-state index in [4.69, 9.17) is 0 Å². The predicted octanol–water partition coefficient (Wildman–Crippen LogP) is 11.2. The number of nitrogens with zero attached hydrogens (tertiary/aromatic N) is 1. The molecule has 6 unspecified atom stereocenters. The first-order valence-electron chi connectivity index (χ1n) is 19.5. The van der Waals surface area contributed by atoms with Gasteiger partial charge in [-0.3, -0.25) is 0 Å². The van der Waals surface area contributed by atoms with E-state index in [9.17, 15) is 0 Å². The second kappa shape index (κ2) is 13.6. The smallest absolute Gasteiger partial charge is 0.0557 e. The molecule has 9 aliphatic rings. The summed E-state index contributed by atoms with van der Waals surface area (Å²) in [5, 5.41) is 2.07. The standard InChI is InChI=1S/C48H47NS2/c1-3-11-32(12-4-1)33-21-26-37(27-22-33)49(38-28-23-34(24-29-38)36-25-30-46-43(31-36)40-15-7-8-20-45(40)50-46)44-19-10-18-42-41-17-9-16-39(47(41)51-48(42)44)35-13-5-2-6-14-35/h1,3-5,8-9,11,13-14,17-18,20-23,25-26,28-32,34,37,39,43,46H,2,6-7,10,12,15-16,19,24,27H2. The zero-order valence-corrected chi connectivity index (χ0v) is 31.1. The van der Waals surface area contributed by atoms with Crippen LogP contribution in [0.4, 0.5) is 0 Å². The van der Waals surface area contributed by atoms with Gasteiger partial charge in [0.1, 0.15) is 0 Å². The first-order valence-corrected chi connectivity index (χ1v) is 21.2. The zero-order chi connectivity index (χ0) is 33.7. The van der Waals surface area contributed by atoms with Gasteiger partial charge in [0.25, 0.3) is 0 Å². The summed E-state index contributed by atoms with van der Waals surface area (Å²) >= 11 is 4.17. The van der Waals surface area contributed by atoms with Crippen LogP contribution in [0.3, 0.4) is 0 Å². The Kier molecular flexibility index (Phi) is 8.53. The Hall–Kier alpha value is -3.79. The summed E-state index contributed by atoms with van der Waals surface area (Å²) < 4.78 is 1.51. The Bertz CT molecular complexity index is 2170. The monoisotopic (exact) mass is 701 g/mol. The quantitative estimate of drug-likeness (QED) is 0.290. The molecule has 0 aromatic carbocycles. The van der Waals surface area contributed by atoms with Crippen molar-refractivity contribution in [2.24, 2.45) is 17.8 Å². The first kappa shape index (κ1) is 31.9. The lowest BCUT2D eigenvalue weighted by molar-refractivity contribution is 0.403. The van der Waals surface area contributed by atoms with Gasteiger partial charge in [0.2, 0.25) is 0 Å². The normalized spacial score (nSPS) is 31.3. The molecule has 3 heteroatoms. The highest BCUT2D eigenvalue weighted by atomic mass is 32.2. The van der Waals surface area contributed by atoms with E-state index in [2.05, 4.69) is 156 Å². The SMILES string of the molecule is C1=CCC(C2=CCC(N(C3=CCC(C4=CC5C6=C(C=CCC6)SC5C=C4)C=C3)C3=c4sc5c(c4=CCC3)C=CCC5C3=CCCC=C3)C=C2)C=C1. The second-order valence-electron chi connectivity index (χ2n) is 15.4. The van der Waals surface area contributed by atoms with Crippen LogP contribution in [0.15, 0.2) is 148 Å². The Balaban J connectivity index is 1.00. The molecule has 0 radical (unpaired) electrons. The third-order valence-electron chi connectivity index (χ3n) is 12.4. The van der Waals surface area contributed by atoms with Crippen molar-refractivity contribution >= 4 is 40.9 Å². The van der Waals surface area contributed by atoms with Crippen LogP contribution in [-0.4, -0.2) is 16.2 Å². The van der Waals surface area contributed by atoms with Gasteiger partial charge in [-0.05, 0) is 103 Å². The fraction of sp³-hybridized carbons (Fsp3) is 0.333. The van der Waals surface area contributed by atoms with Crippen molar-refractivity contribution in [2.45, 2.75) is 81.4 Å². The molecule has 1 aromatic heterocycles. The van der Waals surface area contributed by atoms with Crippen molar-refractivity contribution in [3.05, 3.63) is 169 Å². The van der Waals surface area contributed by atoms with E-state index in [1.807, 2.05) is 0 Å². The fourth-order valence-electron chi connectivity index (χ4n) is 9.72. The van der Waals surface area contributed by atoms with E-state index in [-0.39, 0.29) is 0 Å². The van der Waals surface area contributed by atoms with Crippen molar-refractivity contribution in [1.82, 2.24) is 4.90 Å². The summed E-state index contributed by atoms with van der Waals surface area (Å²) in [6, 6.07) is 0.314. The molecular weight excluding hydrogens is 655 g/mol. The molecule has 8 aliphatic carbocycles. The van der Waals surface area contributed by atoms with Crippen LogP contribution in [0.25, 0.3) is 17.8 Å². The van der Waals surface area contributed by atoms with Crippen LogP contribution < -0.4 is 9.75 Å². The van der Waals surface area contributed by atoms with E-state index >= 15 is 0 Å². The van der Waals surface area contributed by atoms with Crippen molar-refractivity contribution in [3.63, 3.8) is 0 Å². The molecule has 0 fully saturated rings. The lowest BCUT2D eigenvalue weighted by Gasteiger charge is -2.38. The molecular formula is C48H47NS2. The van der Waals surface area contributed by atoms with E-state index in [0.29, 0.717) is 35.0 Å². The highest BCUT2D eigenvalue weighted by Gasteiger charge is 2.35. The lowest BCUT2D eigenvalue weighted by atomic mass is 9.80. The van der Waals surface area contributed by atoms with Crippen molar-refractivity contribution in [3.8, 4) is 0 Å². The van der Waals surface area contributed by atoms with Crippen LogP contribution in [0, 0.1) is 17.8 Å². The third kappa shape index (κ3) is 5.85. The van der Waals surface area contributed by atoms with Gasteiger partial charge in [-0.1, -0.05) is 122 Å². The summed E-state index contributed by atoms with van der Waals surface area (Å²) in [6.45, 7) is 0. The fourth-order valence-corrected chi connectivity index (χ4v) is 12.6. The average molecular weight is 702 g/mol. The van der Waals surface area contributed by atoms with Gasteiger partial charge >= 0.3 is 0 Å². The molecule has 1 aliphatic heterocycles. The average Bonchev–Trinajstić information content (AvgIpc) is 3.78. The molecule has 1 nitrogen and oxygen atoms in total. The minimum Gasteiger partial charge on any atom is -0.337 e.